The minimum atomic E-state index is -0.602. The van der Waals surface area contributed by atoms with Crippen molar-refractivity contribution in [2.24, 2.45) is 5.73 Å². The van der Waals surface area contributed by atoms with E-state index in [1.807, 2.05) is 0 Å². The summed E-state index contributed by atoms with van der Waals surface area (Å²) in [5.74, 6) is -1.19. The van der Waals surface area contributed by atoms with E-state index in [0.717, 1.165) is 6.07 Å². The molecule has 0 aliphatic rings. The van der Waals surface area contributed by atoms with Crippen LogP contribution < -0.4 is 16.4 Å². The van der Waals surface area contributed by atoms with Gasteiger partial charge in [-0.3, -0.25) is 0 Å². The highest BCUT2D eigenvalue weighted by molar-refractivity contribution is 5.71. The van der Waals surface area contributed by atoms with Crippen LogP contribution in [0.15, 0.2) is 18.2 Å². The number of rotatable bonds is 5. The molecule has 0 unspecified atom stereocenters. The quantitative estimate of drug-likeness (QED) is 0.651. The first-order valence-electron chi connectivity index (χ1n) is 4.77. The summed E-state index contributed by atoms with van der Waals surface area (Å²) in [4.78, 5) is 10.3. The number of primary amides is 1. The third kappa shape index (κ3) is 4.22. The van der Waals surface area contributed by atoms with E-state index >= 15 is 0 Å². The minimum absolute atomic E-state index is 0.270. The van der Waals surface area contributed by atoms with Crippen molar-refractivity contribution < 1.29 is 13.6 Å². The number of nitrogens with one attached hydrogen (secondary N) is 2. The van der Waals surface area contributed by atoms with Crippen molar-refractivity contribution in [3.63, 3.8) is 0 Å². The lowest BCUT2D eigenvalue weighted by Crippen LogP contribution is -2.35. The van der Waals surface area contributed by atoms with Crippen LogP contribution in [0.3, 0.4) is 0 Å². The third-order valence-electron chi connectivity index (χ3n) is 1.93. The number of halogens is 2. The fraction of sp³-hybridized carbons (Fsp3) is 0.300. The number of urea groups is 1. The van der Waals surface area contributed by atoms with Gasteiger partial charge < -0.3 is 16.4 Å². The van der Waals surface area contributed by atoms with Crippen LogP contribution in [-0.2, 0) is 6.54 Å². The van der Waals surface area contributed by atoms with Crippen LogP contribution in [0.25, 0.3) is 0 Å². The lowest BCUT2D eigenvalue weighted by Gasteiger charge is -2.06. The van der Waals surface area contributed by atoms with Crippen molar-refractivity contribution in [1.82, 2.24) is 10.6 Å². The predicted molar refractivity (Wildman–Crippen MR) is 55.7 cm³/mol. The van der Waals surface area contributed by atoms with Gasteiger partial charge in [-0.05, 0) is 6.07 Å². The largest absolute Gasteiger partial charge is 0.352 e. The summed E-state index contributed by atoms with van der Waals surface area (Å²) in [5, 5.41) is 5.26. The van der Waals surface area contributed by atoms with Gasteiger partial charge in [-0.25, -0.2) is 13.6 Å². The Hall–Kier alpha value is -1.69. The molecule has 16 heavy (non-hydrogen) atoms. The predicted octanol–water partition coefficient (Wildman–Crippen LogP) is 0.723. The molecule has 4 nitrogen and oxygen atoms in total. The van der Waals surface area contributed by atoms with Gasteiger partial charge in [0.1, 0.15) is 11.6 Å². The van der Waals surface area contributed by atoms with Crippen LogP contribution >= 0.6 is 0 Å². The molecule has 0 aliphatic carbocycles. The Labute approximate surface area is 91.8 Å². The number of benzene rings is 1. The Morgan fingerprint density at radius 1 is 1.31 bits per heavy atom. The zero-order chi connectivity index (χ0) is 12.0. The van der Waals surface area contributed by atoms with Crippen LogP contribution in [0.5, 0.6) is 0 Å². The highest BCUT2D eigenvalue weighted by Crippen LogP contribution is 2.08. The fourth-order valence-electron chi connectivity index (χ4n) is 1.16. The lowest BCUT2D eigenvalue weighted by molar-refractivity contribution is 0.249. The number of carbonyl (C=O) groups is 1. The summed E-state index contributed by atoms with van der Waals surface area (Å²) in [5.41, 5.74) is 5.22. The Bertz CT molecular complexity index is 371. The minimum Gasteiger partial charge on any atom is -0.352 e. The summed E-state index contributed by atoms with van der Waals surface area (Å²) >= 11 is 0. The standard InChI is InChI=1S/C10H13F2N3O/c11-8-2-1-7(9(12)5-8)6-14-3-4-15-10(13)16/h1-2,5,14H,3-4,6H2,(H3,13,15,16). The molecule has 0 saturated heterocycles. The van der Waals surface area contributed by atoms with E-state index in [1.165, 1.54) is 12.1 Å². The third-order valence-corrected chi connectivity index (χ3v) is 1.93. The highest BCUT2D eigenvalue weighted by Gasteiger charge is 2.02. The molecule has 0 fully saturated rings. The zero-order valence-corrected chi connectivity index (χ0v) is 8.59. The van der Waals surface area contributed by atoms with E-state index in [2.05, 4.69) is 10.6 Å². The number of amides is 2. The topological polar surface area (TPSA) is 67.2 Å². The molecule has 0 radical (unpaired) electrons. The number of nitrogens with two attached hydrogens (primary N) is 1. The summed E-state index contributed by atoms with van der Waals surface area (Å²) in [6, 6.07) is 2.80. The molecule has 0 heterocycles. The van der Waals surface area contributed by atoms with Crippen LogP contribution in [0.4, 0.5) is 13.6 Å². The van der Waals surface area contributed by atoms with Gasteiger partial charge in [0.05, 0.1) is 0 Å². The monoisotopic (exact) mass is 229 g/mol. The molecule has 88 valence electrons. The Morgan fingerprint density at radius 2 is 2.06 bits per heavy atom. The van der Waals surface area contributed by atoms with Gasteiger partial charge in [-0.1, -0.05) is 6.07 Å². The Balaban J connectivity index is 2.29. The first kappa shape index (κ1) is 12.4. The maximum Gasteiger partial charge on any atom is 0.312 e. The van der Waals surface area contributed by atoms with Crippen molar-refractivity contribution in [2.45, 2.75) is 6.54 Å². The van der Waals surface area contributed by atoms with Crippen molar-refractivity contribution in [3.05, 3.63) is 35.4 Å². The van der Waals surface area contributed by atoms with Gasteiger partial charge in [0.2, 0.25) is 0 Å². The number of hydrogen-bond donors (Lipinski definition) is 3. The molecule has 2 amide bonds. The first-order chi connectivity index (χ1) is 7.59. The smallest absolute Gasteiger partial charge is 0.312 e. The van der Waals surface area contributed by atoms with E-state index in [-0.39, 0.29) is 6.54 Å². The van der Waals surface area contributed by atoms with Gasteiger partial charge in [0.25, 0.3) is 0 Å². The molecule has 1 aromatic carbocycles. The van der Waals surface area contributed by atoms with E-state index in [4.69, 9.17) is 5.73 Å². The van der Waals surface area contributed by atoms with E-state index in [9.17, 15) is 13.6 Å². The molecule has 4 N–H and O–H groups in total. The molecule has 0 aromatic heterocycles. The molecule has 0 saturated carbocycles. The second kappa shape index (κ2) is 6.02. The van der Waals surface area contributed by atoms with Crippen molar-refractivity contribution in [1.29, 1.82) is 0 Å². The van der Waals surface area contributed by atoms with Crippen molar-refractivity contribution in [2.75, 3.05) is 13.1 Å². The molecule has 6 heteroatoms. The zero-order valence-electron chi connectivity index (χ0n) is 8.59. The van der Waals surface area contributed by atoms with Crippen LogP contribution in [0.1, 0.15) is 5.56 Å². The second-order valence-electron chi connectivity index (χ2n) is 3.20. The molecule has 0 atom stereocenters. The van der Waals surface area contributed by atoms with E-state index in [1.54, 1.807) is 0 Å². The molecule has 0 spiro atoms. The van der Waals surface area contributed by atoms with Gasteiger partial charge in [-0.15, -0.1) is 0 Å². The fourth-order valence-corrected chi connectivity index (χ4v) is 1.16. The van der Waals surface area contributed by atoms with E-state index in [0.29, 0.717) is 18.7 Å². The van der Waals surface area contributed by atoms with Gasteiger partial charge in [0, 0.05) is 31.3 Å². The molecular formula is C10H13F2N3O. The van der Waals surface area contributed by atoms with Gasteiger partial charge in [-0.2, -0.15) is 0 Å². The van der Waals surface area contributed by atoms with Crippen LogP contribution in [0, 0.1) is 11.6 Å². The molecule has 1 rings (SSSR count). The van der Waals surface area contributed by atoms with Crippen LogP contribution in [0.2, 0.25) is 0 Å². The average Bonchev–Trinajstić information content (AvgIpc) is 2.20. The number of carbonyl (C=O) groups excluding carboxylic acids is 1. The SMILES string of the molecule is NC(=O)NCCNCc1ccc(F)cc1F. The van der Waals surface area contributed by atoms with Gasteiger partial charge >= 0.3 is 6.03 Å². The summed E-state index contributed by atoms with van der Waals surface area (Å²) < 4.78 is 25.7. The maximum absolute atomic E-state index is 13.1. The summed E-state index contributed by atoms with van der Waals surface area (Å²) in [6.45, 7) is 1.09. The summed E-state index contributed by atoms with van der Waals surface area (Å²) in [6.07, 6.45) is 0. The average molecular weight is 229 g/mol. The number of hydrogen-bond acceptors (Lipinski definition) is 2. The van der Waals surface area contributed by atoms with Crippen molar-refractivity contribution >= 4 is 6.03 Å². The van der Waals surface area contributed by atoms with E-state index < -0.39 is 17.7 Å². The maximum atomic E-state index is 13.1. The molecule has 1 aromatic rings. The Kier molecular flexibility index (Phi) is 4.65. The second-order valence-corrected chi connectivity index (χ2v) is 3.20. The molecular weight excluding hydrogens is 216 g/mol. The summed E-state index contributed by atoms with van der Waals surface area (Å²) in [7, 11) is 0. The van der Waals surface area contributed by atoms with Crippen molar-refractivity contribution in [3.8, 4) is 0 Å². The van der Waals surface area contributed by atoms with Crippen LogP contribution in [-0.4, -0.2) is 19.1 Å². The normalized spacial score (nSPS) is 10.1. The van der Waals surface area contributed by atoms with Gasteiger partial charge in [0.15, 0.2) is 0 Å². The Morgan fingerprint density at radius 3 is 2.69 bits per heavy atom. The highest BCUT2D eigenvalue weighted by atomic mass is 19.1. The first-order valence-corrected chi connectivity index (χ1v) is 4.77. The molecule has 0 aliphatic heterocycles. The molecule has 0 bridgehead atoms. The lowest BCUT2D eigenvalue weighted by atomic mass is 10.2.